The van der Waals surface area contributed by atoms with Crippen molar-refractivity contribution in [3.05, 3.63) is 64.4 Å². The molecule has 0 amide bonds. The Balaban J connectivity index is 1.73. The van der Waals surface area contributed by atoms with Crippen LogP contribution in [0.5, 0.6) is 5.75 Å². The Labute approximate surface area is 122 Å². The van der Waals surface area contributed by atoms with Crippen molar-refractivity contribution in [3.63, 3.8) is 0 Å². The third-order valence-corrected chi connectivity index (χ3v) is 3.79. The van der Waals surface area contributed by atoms with Gasteiger partial charge in [-0.1, -0.05) is 35.9 Å². The lowest BCUT2D eigenvalue weighted by Gasteiger charge is -2.27. The molecular formula is C16H15ClFNO. The largest absolute Gasteiger partial charge is 0.492 e. The fourth-order valence-corrected chi connectivity index (χ4v) is 2.68. The van der Waals surface area contributed by atoms with E-state index in [1.54, 1.807) is 12.1 Å². The van der Waals surface area contributed by atoms with Gasteiger partial charge in [0.05, 0.1) is 11.6 Å². The van der Waals surface area contributed by atoms with Crippen molar-refractivity contribution >= 4 is 11.6 Å². The summed E-state index contributed by atoms with van der Waals surface area (Å²) in [5.41, 5.74) is 2.15. The first-order valence-corrected chi connectivity index (χ1v) is 7.01. The first-order valence-electron chi connectivity index (χ1n) is 6.63. The molecule has 0 aliphatic carbocycles. The second-order valence-electron chi connectivity index (χ2n) is 4.86. The molecule has 0 radical (unpaired) electrons. The maximum atomic E-state index is 12.9. The van der Waals surface area contributed by atoms with Gasteiger partial charge in [-0.15, -0.1) is 0 Å². The minimum Gasteiger partial charge on any atom is -0.492 e. The summed E-state index contributed by atoms with van der Waals surface area (Å²) in [4.78, 5) is 0. The average Bonchev–Trinajstić information content (AvgIpc) is 2.47. The molecule has 1 atom stereocenters. The van der Waals surface area contributed by atoms with E-state index >= 15 is 0 Å². The normalized spacial score (nSPS) is 17.4. The zero-order chi connectivity index (χ0) is 13.9. The van der Waals surface area contributed by atoms with Crippen molar-refractivity contribution in [2.24, 2.45) is 0 Å². The van der Waals surface area contributed by atoms with Gasteiger partial charge >= 0.3 is 0 Å². The van der Waals surface area contributed by atoms with Gasteiger partial charge in [-0.3, -0.25) is 0 Å². The molecule has 2 aromatic rings. The molecule has 1 aliphatic rings. The van der Waals surface area contributed by atoms with E-state index in [0.29, 0.717) is 18.2 Å². The molecule has 20 heavy (non-hydrogen) atoms. The third-order valence-electron chi connectivity index (χ3n) is 3.49. The number of benzene rings is 2. The van der Waals surface area contributed by atoms with Crippen molar-refractivity contribution in [2.75, 3.05) is 6.61 Å². The molecule has 0 saturated heterocycles. The van der Waals surface area contributed by atoms with Crippen LogP contribution in [0.2, 0.25) is 5.02 Å². The summed E-state index contributed by atoms with van der Waals surface area (Å²) in [6.07, 6.45) is 0.897. The zero-order valence-corrected chi connectivity index (χ0v) is 11.7. The monoisotopic (exact) mass is 291 g/mol. The molecule has 0 fully saturated rings. The number of ether oxygens (including phenoxy) is 1. The highest BCUT2D eigenvalue weighted by Gasteiger charge is 2.22. The Hall–Kier alpha value is -1.58. The van der Waals surface area contributed by atoms with Crippen LogP contribution >= 0.6 is 11.6 Å². The van der Waals surface area contributed by atoms with E-state index in [9.17, 15) is 4.39 Å². The molecule has 4 heteroatoms. The molecule has 1 unspecified atom stereocenters. The summed E-state index contributed by atoms with van der Waals surface area (Å²) in [6, 6.07) is 12.6. The van der Waals surface area contributed by atoms with Crippen LogP contribution in [0.4, 0.5) is 4.39 Å². The second kappa shape index (κ2) is 5.81. The Kier molecular flexibility index (Phi) is 3.90. The molecule has 1 aliphatic heterocycles. The van der Waals surface area contributed by atoms with Gasteiger partial charge in [-0.2, -0.15) is 0 Å². The molecule has 0 saturated carbocycles. The van der Waals surface area contributed by atoms with Gasteiger partial charge in [0.15, 0.2) is 0 Å². The Morgan fingerprint density at radius 3 is 2.80 bits per heavy atom. The summed E-state index contributed by atoms with van der Waals surface area (Å²) in [7, 11) is 0. The molecule has 2 nitrogen and oxygen atoms in total. The Bertz CT molecular complexity index is 600. The quantitative estimate of drug-likeness (QED) is 0.919. The van der Waals surface area contributed by atoms with Crippen LogP contribution in [0.25, 0.3) is 0 Å². The minimum absolute atomic E-state index is 0.211. The number of halogens is 2. The van der Waals surface area contributed by atoms with Gasteiger partial charge in [0, 0.05) is 24.6 Å². The summed E-state index contributed by atoms with van der Waals surface area (Å²) < 4.78 is 18.5. The highest BCUT2D eigenvalue weighted by atomic mass is 35.5. The standard InChI is InChI=1S/C16H15ClFNO/c17-14-3-1-2-13-15(8-9-20-16(13)14)19-10-11-4-6-12(18)7-5-11/h1-7,15,19H,8-10H2. The smallest absolute Gasteiger partial charge is 0.142 e. The lowest BCUT2D eigenvalue weighted by atomic mass is 10.0. The summed E-state index contributed by atoms with van der Waals surface area (Å²) in [5.74, 6) is 0.564. The Morgan fingerprint density at radius 1 is 1.20 bits per heavy atom. The minimum atomic E-state index is -0.211. The topological polar surface area (TPSA) is 21.3 Å². The Morgan fingerprint density at radius 2 is 2.00 bits per heavy atom. The van der Waals surface area contributed by atoms with Gasteiger partial charge in [-0.25, -0.2) is 4.39 Å². The van der Waals surface area contributed by atoms with Gasteiger partial charge in [-0.05, 0) is 23.8 Å². The van der Waals surface area contributed by atoms with Gasteiger partial charge in [0.1, 0.15) is 11.6 Å². The molecule has 0 aromatic heterocycles. The molecule has 2 aromatic carbocycles. The van der Waals surface area contributed by atoms with E-state index in [1.165, 1.54) is 12.1 Å². The fraction of sp³-hybridized carbons (Fsp3) is 0.250. The van der Waals surface area contributed by atoms with Gasteiger partial charge < -0.3 is 10.1 Å². The van der Waals surface area contributed by atoms with Crippen LogP contribution in [0, 0.1) is 5.82 Å². The van der Waals surface area contributed by atoms with E-state index in [-0.39, 0.29) is 11.9 Å². The molecular weight excluding hydrogens is 277 g/mol. The number of nitrogens with one attached hydrogen (secondary N) is 1. The van der Waals surface area contributed by atoms with Crippen LogP contribution in [0.3, 0.4) is 0 Å². The molecule has 104 valence electrons. The number of hydrogen-bond acceptors (Lipinski definition) is 2. The summed E-state index contributed by atoms with van der Waals surface area (Å²) >= 11 is 6.15. The van der Waals surface area contributed by atoms with Crippen molar-refractivity contribution in [3.8, 4) is 5.75 Å². The average molecular weight is 292 g/mol. The van der Waals surface area contributed by atoms with Crippen LogP contribution in [0.1, 0.15) is 23.6 Å². The summed E-state index contributed by atoms with van der Waals surface area (Å²) in [5, 5.41) is 4.13. The predicted molar refractivity (Wildman–Crippen MR) is 77.5 cm³/mol. The highest BCUT2D eigenvalue weighted by molar-refractivity contribution is 6.32. The number of rotatable bonds is 3. The van der Waals surface area contributed by atoms with Crippen molar-refractivity contribution < 1.29 is 9.13 Å². The van der Waals surface area contributed by atoms with E-state index < -0.39 is 0 Å². The van der Waals surface area contributed by atoms with Crippen LogP contribution in [-0.2, 0) is 6.54 Å². The first kappa shape index (κ1) is 13.4. The third kappa shape index (κ3) is 2.79. The fourth-order valence-electron chi connectivity index (χ4n) is 2.44. The van der Waals surface area contributed by atoms with Gasteiger partial charge in [0.2, 0.25) is 0 Å². The molecule has 0 bridgehead atoms. The van der Waals surface area contributed by atoms with Crippen molar-refractivity contribution in [1.82, 2.24) is 5.32 Å². The molecule has 1 heterocycles. The van der Waals surface area contributed by atoms with E-state index in [0.717, 1.165) is 23.3 Å². The maximum absolute atomic E-state index is 12.9. The van der Waals surface area contributed by atoms with Crippen molar-refractivity contribution in [2.45, 2.75) is 19.0 Å². The summed E-state index contributed by atoms with van der Waals surface area (Å²) in [6.45, 7) is 1.34. The van der Waals surface area contributed by atoms with Crippen LogP contribution < -0.4 is 10.1 Å². The lowest BCUT2D eigenvalue weighted by Crippen LogP contribution is -2.26. The highest BCUT2D eigenvalue weighted by Crippen LogP contribution is 2.37. The lowest BCUT2D eigenvalue weighted by molar-refractivity contribution is 0.252. The van der Waals surface area contributed by atoms with Crippen LogP contribution in [-0.4, -0.2) is 6.61 Å². The predicted octanol–water partition coefficient (Wildman–Crippen LogP) is 4.09. The number of para-hydroxylation sites is 1. The maximum Gasteiger partial charge on any atom is 0.142 e. The SMILES string of the molecule is Fc1ccc(CNC2CCOc3c(Cl)cccc32)cc1. The number of fused-ring (bicyclic) bond motifs is 1. The first-order chi connectivity index (χ1) is 9.74. The van der Waals surface area contributed by atoms with E-state index in [1.807, 2.05) is 18.2 Å². The molecule has 3 rings (SSSR count). The van der Waals surface area contributed by atoms with Crippen LogP contribution in [0.15, 0.2) is 42.5 Å². The van der Waals surface area contributed by atoms with E-state index in [2.05, 4.69) is 5.32 Å². The zero-order valence-electron chi connectivity index (χ0n) is 10.9. The number of hydrogen-bond donors (Lipinski definition) is 1. The molecule has 1 N–H and O–H groups in total. The second-order valence-corrected chi connectivity index (χ2v) is 5.26. The van der Waals surface area contributed by atoms with Crippen molar-refractivity contribution in [1.29, 1.82) is 0 Å². The van der Waals surface area contributed by atoms with E-state index in [4.69, 9.17) is 16.3 Å². The molecule has 0 spiro atoms. The van der Waals surface area contributed by atoms with Gasteiger partial charge in [0.25, 0.3) is 0 Å².